The molecule has 0 aromatic heterocycles. The molecule has 1 aliphatic carbocycles. The summed E-state index contributed by atoms with van der Waals surface area (Å²) in [4.78, 5) is 51.2. The Hall–Kier alpha value is -3.45. The summed E-state index contributed by atoms with van der Waals surface area (Å²) in [5.74, 6) is -2.49. The molecule has 1 N–H and O–H groups in total. The standard InChI is InChI=1S/C24H21ClN2O5/c1-14-9-10-16(12-20(14)25)26-21(28)13-32-24(31)15-5-4-6-17(11-15)27-22(29)18-7-2-3-8-19(18)23(27)30/h2-6,9-12,18-19H,7-8,13H2,1H3,(H,26,28)/t18-,19-/m1/s1. The van der Waals surface area contributed by atoms with Crippen molar-refractivity contribution in [2.75, 3.05) is 16.8 Å². The fourth-order valence-corrected chi connectivity index (χ4v) is 4.09. The Morgan fingerprint density at radius 3 is 2.41 bits per heavy atom. The Labute approximate surface area is 190 Å². The fraction of sp³-hybridized carbons (Fsp3) is 0.250. The summed E-state index contributed by atoms with van der Waals surface area (Å²) < 4.78 is 5.10. The SMILES string of the molecule is Cc1ccc(NC(=O)COC(=O)c2cccc(N3C(=O)[C@@H]4CC=CC[C@H]4C3=O)c2)cc1Cl. The van der Waals surface area contributed by atoms with E-state index in [4.69, 9.17) is 16.3 Å². The van der Waals surface area contributed by atoms with Gasteiger partial charge in [0, 0.05) is 10.7 Å². The van der Waals surface area contributed by atoms with Crippen molar-refractivity contribution in [1.82, 2.24) is 0 Å². The number of benzene rings is 2. The largest absolute Gasteiger partial charge is 0.452 e. The van der Waals surface area contributed by atoms with Crippen molar-refractivity contribution < 1.29 is 23.9 Å². The third-order valence-corrected chi connectivity index (χ3v) is 6.04. The summed E-state index contributed by atoms with van der Waals surface area (Å²) in [6.45, 7) is 1.35. The maximum Gasteiger partial charge on any atom is 0.338 e. The van der Waals surface area contributed by atoms with Crippen LogP contribution in [0.5, 0.6) is 0 Å². The zero-order chi connectivity index (χ0) is 22.8. The van der Waals surface area contributed by atoms with E-state index in [-0.39, 0.29) is 29.2 Å². The molecule has 1 fully saturated rings. The van der Waals surface area contributed by atoms with E-state index in [0.717, 1.165) is 10.5 Å². The van der Waals surface area contributed by atoms with E-state index in [1.54, 1.807) is 30.3 Å². The summed E-state index contributed by atoms with van der Waals surface area (Å²) in [6, 6.07) is 11.2. The van der Waals surface area contributed by atoms with Crippen molar-refractivity contribution in [2.45, 2.75) is 19.8 Å². The van der Waals surface area contributed by atoms with Crippen LogP contribution in [0.15, 0.2) is 54.6 Å². The molecule has 3 amide bonds. The first-order valence-electron chi connectivity index (χ1n) is 10.2. The molecular formula is C24H21ClN2O5. The molecule has 0 saturated carbocycles. The topological polar surface area (TPSA) is 92.8 Å². The van der Waals surface area contributed by atoms with Gasteiger partial charge in [-0.05, 0) is 55.7 Å². The zero-order valence-electron chi connectivity index (χ0n) is 17.3. The third-order valence-electron chi connectivity index (χ3n) is 5.64. The Balaban J connectivity index is 1.40. The molecule has 7 nitrogen and oxygen atoms in total. The van der Waals surface area contributed by atoms with Crippen LogP contribution in [0.3, 0.4) is 0 Å². The van der Waals surface area contributed by atoms with Gasteiger partial charge in [-0.15, -0.1) is 0 Å². The molecule has 0 spiro atoms. The van der Waals surface area contributed by atoms with Gasteiger partial charge in [0.2, 0.25) is 11.8 Å². The van der Waals surface area contributed by atoms with E-state index in [2.05, 4.69) is 5.32 Å². The smallest absolute Gasteiger partial charge is 0.338 e. The van der Waals surface area contributed by atoms with Gasteiger partial charge in [-0.3, -0.25) is 19.3 Å². The molecule has 2 aromatic rings. The lowest BCUT2D eigenvalue weighted by atomic mass is 9.85. The number of carbonyl (C=O) groups excluding carboxylic acids is 4. The highest BCUT2D eigenvalue weighted by Gasteiger charge is 2.47. The summed E-state index contributed by atoms with van der Waals surface area (Å²) in [5.41, 5.74) is 1.83. The molecule has 4 rings (SSSR count). The van der Waals surface area contributed by atoms with E-state index in [1.165, 1.54) is 12.1 Å². The number of halogens is 1. The van der Waals surface area contributed by atoms with Gasteiger partial charge in [0.05, 0.1) is 23.1 Å². The van der Waals surface area contributed by atoms with Crippen LogP contribution < -0.4 is 10.2 Å². The molecule has 2 aliphatic rings. The molecule has 2 atom stereocenters. The molecule has 0 unspecified atom stereocenters. The van der Waals surface area contributed by atoms with Gasteiger partial charge in [0.25, 0.3) is 5.91 Å². The van der Waals surface area contributed by atoms with E-state index in [9.17, 15) is 19.2 Å². The van der Waals surface area contributed by atoms with Gasteiger partial charge < -0.3 is 10.1 Å². The first kappa shape index (κ1) is 21.8. The van der Waals surface area contributed by atoms with E-state index in [0.29, 0.717) is 29.2 Å². The maximum atomic E-state index is 12.8. The highest BCUT2D eigenvalue weighted by molar-refractivity contribution is 6.31. The number of anilines is 2. The molecular weight excluding hydrogens is 432 g/mol. The number of nitrogens with one attached hydrogen (secondary N) is 1. The summed E-state index contributed by atoms with van der Waals surface area (Å²) in [6.07, 6.45) is 4.90. The maximum absolute atomic E-state index is 12.8. The lowest BCUT2D eigenvalue weighted by molar-refractivity contribution is -0.122. The average molecular weight is 453 g/mol. The van der Waals surface area contributed by atoms with E-state index >= 15 is 0 Å². The number of imide groups is 1. The quantitative estimate of drug-likeness (QED) is 0.422. The molecule has 0 radical (unpaired) electrons. The minimum Gasteiger partial charge on any atom is -0.452 e. The van der Waals surface area contributed by atoms with Crippen LogP contribution in [0, 0.1) is 18.8 Å². The number of rotatable bonds is 5. The van der Waals surface area contributed by atoms with Crippen molar-refractivity contribution in [3.05, 3.63) is 70.8 Å². The second kappa shape index (κ2) is 8.96. The predicted molar refractivity (Wildman–Crippen MR) is 119 cm³/mol. The second-order valence-corrected chi connectivity index (χ2v) is 8.21. The van der Waals surface area contributed by atoms with Crippen molar-refractivity contribution in [3.63, 3.8) is 0 Å². The van der Waals surface area contributed by atoms with Crippen molar-refractivity contribution in [1.29, 1.82) is 0 Å². The van der Waals surface area contributed by atoms with Crippen molar-refractivity contribution >= 4 is 46.7 Å². The molecule has 2 aromatic carbocycles. The molecule has 1 aliphatic heterocycles. The number of aryl methyl sites for hydroxylation is 1. The normalized spacial score (nSPS) is 19.6. The monoisotopic (exact) mass is 452 g/mol. The van der Waals surface area contributed by atoms with Crippen LogP contribution in [-0.2, 0) is 19.1 Å². The Morgan fingerprint density at radius 1 is 1.06 bits per heavy atom. The zero-order valence-corrected chi connectivity index (χ0v) is 18.1. The number of ether oxygens (including phenoxy) is 1. The third kappa shape index (κ3) is 4.29. The number of fused-ring (bicyclic) bond motifs is 1. The number of carbonyl (C=O) groups is 4. The highest BCUT2D eigenvalue weighted by atomic mass is 35.5. The highest BCUT2D eigenvalue weighted by Crippen LogP contribution is 2.37. The van der Waals surface area contributed by atoms with Crippen LogP contribution >= 0.6 is 11.6 Å². The average Bonchev–Trinajstić information content (AvgIpc) is 3.05. The fourth-order valence-electron chi connectivity index (χ4n) is 3.91. The van der Waals surface area contributed by atoms with Gasteiger partial charge in [-0.25, -0.2) is 4.79 Å². The number of hydrogen-bond donors (Lipinski definition) is 1. The van der Waals surface area contributed by atoms with Crippen molar-refractivity contribution in [3.8, 4) is 0 Å². The molecule has 164 valence electrons. The lowest BCUT2D eigenvalue weighted by Crippen LogP contribution is -2.31. The molecule has 0 bridgehead atoms. The number of nitrogens with zero attached hydrogens (tertiary/aromatic N) is 1. The van der Waals surface area contributed by atoms with Gasteiger partial charge in [0.1, 0.15) is 0 Å². The summed E-state index contributed by atoms with van der Waals surface area (Å²) >= 11 is 6.04. The first-order valence-corrected chi connectivity index (χ1v) is 10.6. The Morgan fingerprint density at radius 2 is 1.75 bits per heavy atom. The minimum atomic E-state index is -0.734. The van der Waals surface area contributed by atoms with Gasteiger partial charge in [-0.2, -0.15) is 0 Å². The first-order chi connectivity index (χ1) is 15.3. The van der Waals surface area contributed by atoms with E-state index < -0.39 is 18.5 Å². The Bertz CT molecular complexity index is 1120. The number of esters is 1. The van der Waals surface area contributed by atoms with Gasteiger partial charge in [-0.1, -0.05) is 35.9 Å². The van der Waals surface area contributed by atoms with Crippen LogP contribution in [0.25, 0.3) is 0 Å². The van der Waals surface area contributed by atoms with Crippen LogP contribution in [-0.4, -0.2) is 30.3 Å². The predicted octanol–water partition coefficient (Wildman–Crippen LogP) is 3.90. The molecule has 1 saturated heterocycles. The summed E-state index contributed by atoms with van der Waals surface area (Å²) in [7, 11) is 0. The van der Waals surface area contributed by atoms with Gasteiger partial charge in [0.15, 0.2) is 6.61 Å². The van der Waals surface area contributed by atoms with Crippen molar-refractivity contribution in [2.24, 2.45) is 11.8 Å². The second-order valence-electron chi connectivity index (χ2n) is 7.81. The van der Waals surface area contributed by atoms with Crippen LogP contribution in [0.4, 0.5) is 11.4 Å². The lowest BCUT2D eigenvalue weighted by Gasteiger charge is -2.15. The van der Waals surface area contributed by atoms with Crippen LogP contribution in [0.2, 0.25) is 5.02 Å². The van der Waals surface area contributed by atoms with Gasteiger partial charge >= 0.3 is 5.97 Å². The Kier molecular flexibility index (Phi) is 6.10. The molecule has 1 heterocycles. The number of allylic oxidation sites excluding steroid dienone is 2. The number of amides is 3. The number of hydrogen-bond acceptors (Lipinski definition) is 5. The van der Waals surface area contributed by atoms with E-state index in [1.807, 2.05) is 19.1 Å². The molecule has 32 heavy (non-hydrogen) atoms. The summed E-state index contributed by atoms with van der Waals surface area (Å²) in [5, 5.41) is 3.12. The molecule has 8 heteroatoms. The van der Waals surface area contributed by atoms with Crippen LogP contribution in [0.1, 0.15) is 28.8 Å². The minimum absolute atomic E-state index is 0.141.